The number of fused-ring (bicyclic) bond motifs is 1. The van der Waals surface area contributed by atoms with Crippen molar-refractivity contribution in [3.8, 4) is 0 Å². The van der Waals surface area contributed by atoms with Gasteiger partial charge in [-0.2, -0.15) is 0 Å². The van der Waals surface area contributed by atoms with Crippen LogP contribution >= 0.6 is 0 Å². The number of morpholine rings is 1. The van der Waals surface area contributed by atoms with Crippen LogP contribution in [0.5, 0.6) is 0 Å². The van der Waals surface area contributed by atoms with E-state index in [0.29, 0.717) is 69.9 Å². The molecule has 2 aliphatic heterocycles. The van der Waals surface area contributed by atoms with Crippen LogP contribution in [-0.4, -0.2) is 85.3 Å². The molecule has 0 aliphatic carbocycles. The molecular formula is C27H36N4O4. The molecule has 1 saturated heterocycles. The van der Waals surface area contributed by atoms with E-state index in [1.807, 2.05) is 37.3 Å². The van der Waals surface area contributed by atoms with Crippen molar-refractivity contribution in [2.45, 2.75) is 32.4 Å². The minimum atomic E-state index is -0.636. The van der Waals surface area contributed by atoms with E-state index in [9.17, 15) is 14.7 Å². The Balaban J connectivity index is 1.46. The number of likely N-dealkylation sites (N-methyl/N-ethyl adjacent to an activating group) is 1. The van der Waals surface area contributed by atoms with E-state index >= 15 is 0 Å². The first-order valence-electron chi connectivity index (χ1n) is 12.5. The summed E-state index contributed by atoms with van der Waals surface area (Å²) < 4.78 is 5.36. The molecule has 0 aromatic heterocycles. The number of benzene rings is 2. The number of ether oxygens (including phenoxy) is 1. The summed E-state index contributed by atoms with van der Waals surface area (Å²) >= 11 is 0. The molecule has 8 nitrogen and oxygen atoms in total. The van der Waals surface area contributed by atoms with Crippen LogP contribution in [0.3, 0.4) is 0 Å². The number of hydrogen-bond donors (Lipinski definition) is 2. The molecule has 0 radical (unpaired) electrons. The average Bonchev–Trinajstić information content (AvgIpc) is 3.03. The molecule has 4 rings (SSSR count). The molecule has 0 bridgehead atoms. The van der Waals surface area contributed by atoms with Crippen molar-refractivity contribution in [1.82, 2.24) is 9.80 Å². The maximum absolute atomic E-state index is 13.5. The zero-order chi connectivity index (χ0) is 24.8. The SMILES string of the molecule is CCN1CCN(CC(O)CCc2ccccc2CN)C(=O)c2ccc(C(=O)N3CCOCC3)cc21. The molecule has 2 heterocycles. The molecule has 1 atom stereocenters. The standard InChI is InChI=1S/C27H36N4O4/c1-2-29-11-12-31(19-23(32)9-7-20-5-3-4-6-22(20)18-28)27(34)24-10-8-21(17-25(24)29)26(33)30-13-15-35-16-14-30/h3-6,8,10,17,23,32H,2,7,9,11-16,18-19,28H2,1H3. The fourth-order valence-corrected chi connectivity index (χ4v) is 4.86. The molecule has 1 unspecified atom stereocenters. The van der Waals surface area contributed by atoms with E-state index in [1.54, 1.807) is 21.9 Å². The van der Waals surface area contributed by atoms with Gasteiger partial charge in [-0.3, -0.25) is 9.59 Å². The van der Waals surface area contributed by atoms with E-state index in [4.69, 9.17) is 10.5 Å². The summed E-state index contributed by atoms with van der Waals surface area (Å²) in [5.41, 5.74) is 10.00. The highest BCUT2D eigenvalue weighted by Crippen LogP contribution is 2.28. The highest BCUT2D eigenvalue weighted by Gasteiger charge is 2.29. The highest BCUT2D eigenvalue weighted by atomic mass is 16.5. The van der Waals surface area contributed by atoms with Gasteiger partial charge in [0, 0.05) is 51.4 Å². The van der Waals surface area contributed by atoms with Crippen molar-refractivity contribution in [2.24, 2.45) is 5.73 Å². The maximum atomic E-state index is 13.5. The average molecular weight is 481 g/mol. The second kappa shape index (κ2) is 11.7. The Morgan fingerprint density at radius 1 is 1.06 bits per heavy atom. The maximum Gasteiger partial charge on any atom is 0.256 e. The Morgan fingerprint density at radius 2 is 1.77 bits per heavy atom. The van der Waals surface area contributed by atoms with Crippen LogP contribution in [0, 0.1) is 0 Å². The van der Waals surface area contributed by atoms with Crippen LogP contribution in [0.4, 0.5) is 5.69 Å². The van der Waals surface area contributed by atoms with E-state index in [2.05, 4.69) is 4.90 Å². The second-order valence-corrected chi connectivity index (χ2v) is 9.13. The van der Waals surface area contributed by atoms with E-state index < -0.39 is 6.10 Å². The van der Waals surface area contributed by atoms with Crippen LogP contribution in [0.2, 0.25) is 0 Å². The number of amides is 2. The van der Waals surface area contributed by atoms with Gasteiger partial charge in [0.05, 0.1) is 30.6 Å². The van der Waals surface area contributed by atoms with E-state index in [1.165, 1.54) is 0 Å². The topological polar surface area (TPSA) is 99.3 Å². The van der Waals surface area contributed by atoms with E-state index in [-0.39, 0.29) is 18.4 Å². The fraction of sp³-hybridized carbons (Fsp3) is 0.481. The predicted octanol–water partition coefficient (Wildman–Crippen LogP) is 1.89. The van der Waals surface area contributed by atoms with Crippen molar-refractivity contribution < 1.29 is 19.4 Å². The predicted molar refractivity (Wildman–Crippen MR) is 136 cm³/mol. The van der Waals surface area contributed by atoms with Gasteiger partial charge in [0.1, 0.15) is 0 Å². The lowest BCUT2D eigenvalue weighted by Gasteiger charge is -2.28. The number of nitrogens with two attached hydrogens (primary N) is 1. The Hall–Kier alpha value is -2.94. The number of nitrogens with zero attached hydrogens (tertiary/aromatic N) is 3. The van der Waals surface area contributed by atoms with Crippen molar-refractivity contribution in [3.63, 3.8) is 0 Å². The minimum Gasteiger partial charge on any atom is -0.391 e. The fourth-order valence-electron chi connectivity index (χ4n) is 4.86. The van der Waals surface area contributed by atoms with Crippen LogP contribution in [0.15, 0.2) is 42.5 Å². The normalized spacial score (nSPS) is 17.2. The Kier molecular flexibility index (Phi) is 8.38. The Labute approximate surface area is 207 Å². The van der Waals surface area contributed by atoms with E-state index in [0.717, 1.165) is 23.4 Å². The lowest BCUT2D eigenvalue weighted by Crippen LogP contribution is -2.40. The monoisotopic (exact) mass is 480 g/mol. The number of hydrogen-bond acceptors (Lipinski definition) is 6. The smallest absolute Gasteiger partial charge is 0.256 e. The quantitative estimate of drug-likeness (QED) is 0.599. The zero-order valence-electron chi connectivity index (χ0n) is 20.5. The number of aryl methyl sites for hydroxylation is 1. The van der Waals surface area contributed by atoms with Gasteiger partial charge >= 0.3 is 0 Å². The third kappa shape index (κ3) is 5.83. The second-order valence-electron chi connectivity index (χ2n) is 9.13. The van der Waals surface area contributed by atoms with Crippen LogP contribution in [0.25, 0.3) is 0 Å². The van der Waals surface area contributed by atoms with Crippen LogP contribution < -0.4 is 10.6 Å². The number of β-amino-alcohol motifs (C(OH)–C–C–N with tert-alkyl or cyclic N) is 1. The summed E-state index contributed by atoms with van der Waals surface area (Å²) in [5.74, 6) is -0.142. The highest BCUT2D eigenvalue weighted by molar-refractivity contribution is 6.03. The van der Waals surface area contributed by atoms with Crippen molar-refractivity contribution >= 4 is 17.5 Å². The lowest BCUT2D eigenvalue weighted by molar-refractivity contribution is 0.0303. The van der Waals surface area contributed by atoms with Gasteiger partial charge in [0.2, 0.25) is 0 Å². The largest absolute Gasteiger partial charge is 0.391 e. The molecule has 8 heteroatoms. The van der Waals surface area contributed by atoms with Gasteiger partial charge in [-0.15, -0.1) is 0 Å². The molecule has 2 amide bonds. The third-order valence-corrected chi connectivity index (χ3v) is 6.94. The molecular weight excluding hydrogens is 444 g/mol. The minimum absolute atomic E-state index is 0.0334. The first-order chi connectivity index (χ1) is 17.0. The van der Waals surface area contributed by atoms with Gasteiger partial charge in [-0.25, -0.2) is 0 Å². The van der Waals surface area contributed by atoms with Crippen molar-refractivity contribution in [1.29, 1.82) is 0 Å². The number of aliphatic hydroxyl groups is 1. The Bertz CT molecular complexity index is 1040. The molecule has 35 heavy (non-hydrogen) atoms. The van der Waals surface area contributed by atoms with Gasteiger partial charge in [-0.05, 0) is 49.1 Å². The molecule has 0 saturated carbocycles. The zero-order valence-corrected chi connectivity index (χ0v) is 20.5. The number of anilines is 1. The first kappa shape index (κ1) is 25.2. The summed E-state index contributed by atoms with van der Waals surface area (Å²) in [6.07, 6.45) is 0.628. The van der Waals surface area contributed by atoms with Crippen molar-refractivity contribution in [2.75, 3.05) is 57.4 Å². The number of carbonyl (C=O) groups is 2. The van der Waals surface area contributed by atoms with Crippen molar-refractivity contribution in [3.05, 3.63) is 64.7 Å². The molecule has 0 spiro atoms. The number of carbonyl (C=O) groups excluding carboxylic acids is 2. The third-order valence-electron chi connectivity index (χ3n) is 6.94. The molecule has 188 valence electrons. The molecule has 2 aromatic carbocycles. The molecule has 2 aliphatic rings. The number of aliphatic hydroxyl groups excluding tert-OH is 1. The summed E-state index contributed by atoms with van der Waals surface area (Å²) in [6, 6.07) is 13.3. The molecule has 2 aromatic rings. The van der Waals surface area contributed by atoms with Gasteiger partial charge in [0.15, 0.2) is 0 Å². The summed E-state index contributed by atoms with van der Waals surface area (Å²) in [4.78, 5) is 32.1. The van der Waals surface area contributed by atoms with Gasteiger partial charge in [-0.1, -0.05) is 24.3 Å². The summed E-state index contributed by atoms with van der Waals surface area (Å²) in [7, 11) is 0. The summed E-state index contributed by atoms with van der Waals surface area (Å²) in [5, 5.41) is 10.8. The number of rotatable bonds is 8. The molecule has 3 N–H and O–H groups in total. The summed E-state index contributed by atoms with van der Waals surface area (Å²) in [6.45, 7) is 6.92. The van der Waals surface area contributed by atoms with Crippen LogP contribution in [0.1, 0.15) is 45.2 Å². The Morgan fingerprint density at radius 3 is 2.49 bits per heavy atom. The van der Waals surface area contributed by atoms with Crippen LogP contribution in [-0.2, 0) is 17.7 Å². The molecule has 1 fully saturated rings. The van der Waals surface area contributed by atoms with Gasteiger partial charge < -0.3 is 30.3 Å². The lowest BCUT2D eigenvalue weighted by atomic mass is 10.0. The van der Waals surface area contributed by atoms with Gasteiger partial charge in [0.25, 0.3) is 11.8 Å². The first-order valence-corrected chi connectivity index (χ1v) is 12.5.